The molecule has 0 aliphatic rings. The molecule has 0 aliphatic carbocycles. The average molecular weight is 376 g/mol. The van der Waals surface area contributed by atoms with Crippen molar-refractivity contribution >= 4 is 31.6 Å². The van der Waals surface area contributed by atoms with E-state index < -0.39 is 26.6 Å². The molecule has 0 saturated carbocycles. The molecule has 0 heterocycles. The zero-order valence-electron chi connectivity index (χ0n) is 11.2. The van der Waals surface area contributed by atoms with Crippen molar-refractivity contribution in [2.45, 2.75) is 18.7 Å². The van der Waals surface area contributed by atoms with Gasteiger partial charge in [0, 0.05) is 10.5 Å². The molecule has 1 N–H and O–H groups in total. The maximum atomic E-state index is 13.8. The van der Waals surface area contributed by atoms with Crippen molar-refractivity contribution in [1.82, 2.24) is 0 Å². The lowest BCUT2D eigenvalue weighted by atomic mass is 10.1. The van der Waals surface area contributed by atoms with Gasteiger partial charge in [0.1, 0.15) is 16.5 Å². The summed E-state index contributed by atoms with van der Waals surface area (Å²) in [5, 5.41) is 0. The molecule has 21 heavy (non-hydrogen) atoms. The van der Waals surface area contributed by atoms with Crippen LogP contribution >= 0.6 is 15.9 Å². The monoisotopic (exact) mass is 375 g/mol. The Morgan fingerprint density at radius 3 is 2.38 bits per heavy atom. The first kappa shape index (κ1) is 15.9. The fraction of sp³-hybridized carbons (Fsp3) is 0.143. The Hall–Kier alpha value is -1.47. The van der Waals surface area contributed by atoms with Crippen LogP contribution in [0, 0.1) is 25.5 Å². The highest BCUT2D eigenvalue weighted by molar-refractivity contribution is 9.10. The maximum Gasteiger partial charge on any atom is 0.265 e. The Kier molecular flexibility index (Phi) is 4.34. The highest BCUT2D eigenvalue weighted by atomic mass is 79.9. The Bertz CT molecular complexity index is 784. The van der Waals surface area contributed by atoms with Crippen LogP contribution in [0.25, 0.3) is 0 Å². The molecule has 3 nitrogen and oxygen atoms in total. The lowest BCUT2D eigenvalue weighted by Crippen LogP contribution is -2.16. The summed E-state index contributed by atoms with van der Waals surface area (Å²) in [6, 6.07) is 6.66. The van der Waals surface area contributed by atoms with Gasteiger partial charge in [-0.05, 0) is 53.0 Å². The zero-order chi connectivity index (χ0) is 15.8. The molecule has 0 bridgehead atoms. The van der Waals surface area contributed by atoms with Gasteiger partial charge in [0.15, 0.2) is 0 Å². The van der Waals surface area contributed by atoms with Crippen LogP contribution < -0.4 is 4.72 Å². The maximum absolute atomic E-state index is 13.8. The number of hydrogen-bond acceptors (Lipinski definition) is 2. The largest absolute Gasteiger partial charge is 0.279 e. The Balaban J connectivity index is 2.51. The molecule has 0 aromatic heterocycles. The van der Waals surface area contributed by atoms with Crippen molar-refractivity contribution in [1.29, 1.82) is 0 Å². The molecule has 7 heteroatoms. The highest BCUT2D eigenvalue weighted by Crippen LogP contribution is 2.29. The topological polar surface area (TPSA) is 46.2 Å². The lowest BCUT2D eigenvalue weighted by molar-refractivity contribution is 0.548. The zero-order valence-corrected chi connectivity index (χ0v) is 13.6. The molecule has 2 aromatic carbocycles. The third-order valence-electron chi connectivity index (χ3n) is 2.87. The summed E-state index contributed by atoms with van der Waals surface area (Å²) in [7, 11) is -4.17. The highest BCUT2D eigenvalue weighted by Gasteiger charge is 2.24. The minimum absolute atomic E-state index is 0.169. The second-order valence-electron chi connectivity index (χ2n) is 4.62. The number of benzene rings is 2. The molecule has 0 aliphatic heterocycles. The summed E-state index contributed by atoms with van der Waals surface area (Å²) in [6.07, 6.45) is 0. The van der Waals surface area contributed by atoms with Crippen molar-refractivity contribution in [3.05, 3.63) is 57.6 Å². The van der Waals surface area contributed by atoms with Gasteiger partial charge in [0.05, 0.1) is 5.69 Å². The van der Waals surface area contributed by atoms with Crippen molar-refractivity contribution in [3.8, 4) is 0 Å². The number of rotatable bonds is 3. The molecule has 112 valence electrons. The van der Waals surface area contributed by atoms with Crippen LogP contribution in [0.15, 0.2) is 39.7 Å². The van der Waals surface area contributed by atoms with Gasteiger partial charge in [-0.15, -0.1) is 0 Å². The molecule has 2 rings (SSSR count). The predicted octanol–water partition coefficient (Wildman–Crippen LogP) is 4.14. The van der Waals surface area contributed by atoms with E-state index in [-0.39, 0.29) is 4.47 Å². The van der Waals surface area contributed by atoms with E-state index in [9.17, 15) is 17.2 Å². The van der Waals surface area contributed by atoms with Crippen molar-refractivity contribution in [2.75, 3.05) is 4.72 Å². The van der Waals surface area contributed by atoms with E-state index in [4.69, 9.17) is 0 Å². The summed E-state index contributed by atoms with van der Waals surface area (Å²) in [4.78, 5) is -0.621. The number of hydrogen-bond donors (Lipinski definition) is 1. The van der Waals surface area contributed by atoms with Crippen LogP contribution in [0.4, 0.5) is 14.5 Å². The SMILES string of the molecule is Cc1ccc(C)c(NS(=O)(=O)c2c(F)cc(F)cc2Br)c1. The summed E-state index contributed by atoms with van der Waals surface area (Å²) in [5.74, 6) is -2.01. The van der Waals surface area contributed by atoms with Crippen molar-refractivity contribution in [3.63, 3.8) is 0 Å². The molecule has 0 radical (unpaired) electrons. The summed E-state index contributed by atoms with van der Waals surface area (Å²) < 4.78 is 53.6. The molecule has 0 atom stereocenters. The normalized spacial score (nSPS) is 11.5. The summed E-state index contributed by atoms with van der Waals surface area (Å²) >= 11 is 2.88. The molecule has 0 spiro atoms. The Morgan fingerprint density at radius 2 is 1.76 bits per heavy atom. The van der Waals surface area contributed by atoms with Gasteiger partial charge in [-0.3, -0.25) is 4.72 Å². The van der Waals surface area contributed by atoms with Crippen molar-refractivity contribution in [2.24, 2.45) is 0 Å². The molecular formula is C14H12BrF2NO2S. The minimum atomic E-state index is -4.17. The first-order valence-electron chi connectivity index (χ1n) is 5.95. The van der Waals surface area contributed by atoms with E-state index in [0.717, 1.165) is 11.6 Å². The van der Waals surface area contributed by atoms with Gasteiger partial charge in [0.25, 0.3) is 10.0 Å². The van der Waals surface area contributed by atoms with E-state index in [1.54, 1.807) is 19.1 Å². The number of nitrogens with one attached hydrogen (secondary N) is 1. The van der Waals surface area contributed by atoms with Gasteiger partial charge in [-0.1, -0.05) is 12.1 Å². The molecular weight excluding hydrogens is 364 g/mol. The van der Waals surface area contributed by atoms with Crippen LogP contribution in [-0.4, -0.2) is 8.42 Å². The van der Waals surface area contributed by atoms with Gasteiger partial charge in [-0.25, -0.2) is 17.2 Å². The number of anilines is 1. The quantitative estimate of drug-likeness (QED) is 0.875. The van der Waals surface area contributed by atoms with E-state index in [1.165, 1.54) is 0 Å². The minimum Gasteiger partial charge on any atom is -0.279 e. The second-order valence-corrected chi connectivity index (χ2v) is 7.10. The fourth-order valence-corrected chi connectivity index (χ4v) is 4.12. The van der Waals surface area contributed by atoms with Crippen LogP contribution in [-0.2, 0) is 10.0 Å². The van der Waals surface area contributed by atoms with Crippen LogP contribution in [0.3, 0.4) is 0 Å². The number of aryl methyl sites for hydroxylation is 2. The second kappa shape index (κ2) is 5.73. The van der Waals surface area contributed by atoms with E-state index >= 15 is 0 Å². The summed E-state index contributed by atoms with van der Waals surface area (Å²) in [5.41, 5.74) is 1.91. The van der Waals surface area contributed by atoms with Gasteiger partial charge in [0.2, 0.25) is 0 Å². The standard InChI is InChI=1S/C14H12BrF2NO2S/c1-8-3-4-9(2)13(5-8)18-21(19,20)14-11(15)6-10(16)7-12(14)17/h3-7,18H,1-2H3. The number of halogens is 3. The summed E-state index contributed by atoms with van der Waals surface area (Å²) in [6.45, 7) is 3.54. The number of sulfonamides is 1. The average Bonchev–Trinajstić information content (AvgIpc) is 2.31. The molecule has 2 aromatic rings. The first-order chi connectivity index (χ1) is 9.70. The lowest BCUT2D eigenvalue weighted by Gasteiger charge is -2.13. The van der Waals surface area contributed by atoms with E-state index in [2.05, 4.69) is 20.7 Å². The third-order valence-corrected chi connectivity index (χ3v) is 5.20. The first-order valence-corrected chi connectivity index (χ1v) is 8.23. The van der Waals surface area contributed by atoms with Crippen molar-refractivity contribution < 1.29 is 17.2 Å². The Labute approximate surface area is 130 Å². The third kappa shape index (κ3) is 3.41. The van der Waals surface area contributed by atoms with Crippen LogP contribution in [0.5, 0.6) is 0 Å². The van der Waals surface area contributed by atoms with Gasteiger partial charge < -0.3 is 0 Å². The fourth-order valence-electron chi connectivity index (χ4n) is 1.83. The molecule has 0 saturated heterocycles. The van der Waals surface area contributed by atoms with E-state index in [1.807, 2.05) is 13.0 Å². The predicted molar refractivity (Wildman–Crippen MR) is 80.8 cm³/mol. The smallest absolute Gasteiger partial charge is 0.265 e. The molecule has 0 unspecified atom stereocenters. The van der Waals surface area contributed by atoms with E-state index in [0.29, 0.717) is 17.3 Å². The van der Waals surface area contributed by atoms with Gasteiger partial charge >= 0.3 is 0 Å². The Morgan fingerprint density at radius 1 is 1.10 bits per heavy atom. The van der Waals surface area contributed by atoms with Gasteiger partial charge in [-0.2, -0.15) is 0 Å². The van der Waals surface area contributed by atoms with Crippen LogP contribution in [0.2, 0.25) is 0 Å². The molecule has 0 fully saturated rings. The van der Waals surface area contributed by atoms with Crippen LogP contribution in [0.1, 0.15) is 11.1 Å². The molecule has 0 amide bonds.